The predicted octanol–water partition coefficient (Wildman–Crippen LogP) is 3.13. The summed E-state index contributed by atoms with van der Waals surface area (Å²) < 4.78 is 50.2. The van der Waals surface area contributed by atoms with Crippen molar-refractivity contribution in [3.8, 4) is 28.4 Å². The number of aromatic nitrogens is 6. The monoisotopic (exact) mass is 465 g/mol. The van der Waals surface area contributed by atoms with Crippen LogP contribution in [0.25, 0.3) is 28.3 Å². The number of benzene rings is 2. The van der Waals surface area contributed by atoms with Gasteiger partial charge in [-0.25, -0.2) is 17.8 Å². The molecule has 33 heavy (non-hydrogen) atoms. The van der Waals surface area contributed by atoms with Crippen LogP contribution < -0.4 is 9.46 Å². The number of sulfonamides is 1. The summed E-state index contributed by atoms with van der Waals surface area (Å²) >= 11 is 0. The van der Waals surface area contributed by atoms with Crippen molar-refractivity contribution in [2.75, 3.05) is 11.8 Å². The molecule has 166 valence electrons. The van der Waals surface area contributed by atoms with Crippen LogP contribution in [0.15, 0.2) is 71.9 Å². The van der Waals surface area contributed by atoms with Gasteiger partial charge in [0.1, 0.15) is 17.2 Å². The van der Waals surface area contributed by atoms with Crippen molar-refractivity contribution in [1.29, 1.82) is 0 Å². The normalized spacial score (nSPS) is 11.6. The molecular formula is C21H16FN7O3S. The number of aromatic amines is 1. The van der Waals surface area contributed by atoms with Crippen molar-refractivity contribution in [2.24, 2.45) is 0 Å². The van der Waals surface area contributed by atoms with Gasteiger partial charge in [-0.15, -0.1) is 10.2 Å². The maximum Gasteiger partial charge on any atom is 0.262 e. The number of H-pyrrole nitrogens is 1. The Morgan fingerprint density at radius 3 is 2.76 bits per heavy atom. The number of nitrogens with zero attached hydrogens (tertiary/aromatic N) is 5. The van der Waals surface area contributed by atoms with Crippen molar-refractivity contribution < 1.29 is 17.5 Å². The third kappa shape index (κ3) is 3.87. The summed E-state index contributed by atoms with van der Waals surface area (Å²) in [5.74, 6) is -0.427. The largest absolute Gasteiger partial charge is 0.495 e. The van der Waals surface area contributed by atoms with Crippen LogP contribution in [-0.4, -0.2) is 45.5 Å². The topological polar surface area (TPSA) is 127 Å². The van der Waals surface area contributed by atoms with Crippen molar-refractivity contribution in [3.63, 3.8) is 0 Å². The molecule has 0 fully saturated rings. The van der Waals surface area contributed by atoms with E-state index in [1.165, 1.54) is 7.11 Å². The molecule has 0 aliphatic heterocycles. The standard InChI is InChI=1S/C21H16FN7O3S/c1-32-19-8-5-13(18-12-29-9-3-2-4-20(29)23-18)10-17(19)26-33(30,31)14-6-7-16(22)15(11-14)21-24-27-28-25-21/h2-12,26H,1H3,(H,24,25,27,28). The maximum absolute atomic E-state index is 14.2. The van der Waals surface area contributed by atoms with Gasteiger partial charge in [0.2, 0.25) is 5.82 Å². The molecule has 3 aromatic heterocycles. The molecule has 0 amide bonds. The number of pyridine rings is 1. The van der Waals surface area contributed by atoms with E-state index in [1.807, 2.05) is 35.0 Å². The van der Waals surface area contributed by atoms with Crippen LogP contribution in [0.1, 0.15) is 0 Å². The second-order valence-corrected chi connectivity index (χ2v) is 8.67. The van der Waals surface area contributed by atoms with Crippen LogP contribution >= 0.6 is 0 Å². The summed E-state index contributed by atoms with van der Waals surface area (Å²) in [6, 6.07) is 14.0. The fraction of sp³-hybridized carbons (Fsp3) is 0.0476. The van der Waals surface area contributed by atoms with E-state index >= 15 is 0 Å². The van der Waals surface area contributed by atoms with Gasteiger partial charge in [-0.05, 0) is 53.7 Å². The van der Waals surface area contributed by atoms with Crippen LogP contribution in [0, 0.1) is 5.82 Å². The molecule has 0 aliphatic carbocycles. The van der Waals surface area contributed by atoms with Crippen LogP contribution in [-0.2, 0) is 10.0 Å². The maximum atomic E-state index is 14.2. The zero-order chi connectivity index (χ0) is 23.0. The molecule has 5 aromatic rings. The summed E-state index contributed by atoms with van der Waals surface area (Å²) in [6.07, 6.45) is 3.71. The molecule has 3 heterocycles. The first-order chi connectivity index (χ1) is 15.9. The number of hydrogen-bond donors (Lipinski definition) is 2. The first-order valence-electron chi connectivity index (χ1n) is 9.63. The zero-order valence-electron chi connectivity index (χ0n) is 17.1. The Hall–Kier alpha value is -4.32. The quantitative estimate of drug-likeness (QED) is 0.394. The van der Waals surface area contributed by atoms with Gasteiger partial charge >= 0.3 is 0 Å². The van der Waals surface area contributed by atoms with Gasteiger partial charge in [-0.2, -0.15) is 5.21 Å². The fourth-order valence-electron chi connectivity index (χ4n) is 3.34. The lowest BCUT2D eigenvalue weighted by molar-refractivity contribution is 0.417. The van der Waals surface area contributed by atoms with E-state index in [1.54, 1.807) is 18.2 Å². The third-order valence-electron chi connectivity index (χ3n) is 4.94. The van der Waals surface area contributed by atoms with Crippen LogP contribution in [0.2, 0.25) is 0 Å². The minimum atomic E-state index is -4.11. The molecular weight excluding hydrogens is 449 g/mol. The molecule has 12 heteroatoms. The number of halogens is 1. The molecule has 10 nitrogen and oxygen atoms in total. The average Bonchev–Trinajstić information content (AvgIpc) is 3.49. The molecule has 0 saturated heterocycles. The lowest BCUT2D eigenvalue weighted by atomic mass is 10.1. The van der Waals surface area contributed by atoms with Gasteiger partial charge in [-0.1, -0.05) is 6.07 Å². The van der Waals surface area contributed by atoms with Gasteiger partial charge in [0, 0.05) is 18.0 Å². The smallest absolute Gasteiger partial charge is 0.262 e. The van der Waals surface area contributed by atoms with E-state index in [0.29, 0.717) is 17.0 Å². The highest BCUT2D eigenvalue weighted by molar-refractivity contribution is 7.92. The molecule has 0 bridgehead atoms. The average molecular weight is 465 g/mol. The summed E-state index contributed by atoms with van der Waals surface area (Å²) in [6.45, 7) is 0. The fourth-order valence-corrected chi connectivity index (χ4v) is 4.43. The van der Waals surface area contributed by atoms with E-state index in [4.69, 9.17) is 4.74 Å². The number of methoxy groups -OCH3 is 1. The van der Waals surface area contributed by atoms with E-state index in [2.05, 4.69) is 30.3 Å². The second kappa shape index (κ2) is 7.98. The van der Waals surface area contributed by atoms with Crippen LogP contribution in [0.3, 0.4) is 0 Å². The minimum Gasteiger partial charge on any atom is -0.495 e. The first kappa shape index (κ1) is 20.6. The highest BCUT2D eigenvalue weighted by atomic mass is 32.2. The highest BCUT2D eigenvalue weighted by Crippen LogP contribution is 2.33. The van der Waals surface area contributed by atoms with Crippen molar-refractivity contribution in [3.05, 3.63) is 72.8 Å². The molecule has 0 spiro atoms. The second-order valence-electron chi connectivity index (χ2n) is 6.99. The molecule has 0 unspecified atom stereocenters. The lowest BCUT2D eigenvalue weighted by Crippen LogP contribution is -2.14. The molecule has 0 radical (unpaired) electrons. The lowest BCUT2D eigenvalue weighted by Gasteiger charge is -2.13. The Balaban J connectivity index is 1.53. The number of fused-ring (bicyclic) bond motifs is 1. The molecule has 0 saturated carbocycles. The van der Waals surface area contributed by atoms with Gasteiger partial charge in [-0.3, -0.25) is 4.72 Å². The number of ether oxygens (including phenoxy) is 1. The first-order valence-corrected chi connectivity index (χ1v) is 11.1. The van der Waals surface area contributed by atoms with Gasteiger partial charge in [0.25, 0.3) is 10.0 Å². The number of imidazole rings is 1. The molecule has 2 N–H and O–H groups in total. The van der Waals surface area contributed by atoms with E-state index < -0.39 is 15.8 Å². The summed E-state index contributed by atoms with van der Waals surface area (Å²) in [5, 5.41) is 13.0. The summed E-state index contributed by atoms with van der Waals surface area (Å²) in [7, 11) is -2.67. The van der Waals surface area contributed by atoms with Gasteiger partial charge in [0.15, 0.2) is 0 Å². The SMILES string of the molecule is COc1ccc(-c2cn3ccccc3n2)cc1NS(=O)(=O)c1ccc(F)c(-c2nn[nH]n2)c1. The van der Waals surface area contributed by atoms with Crippen molar-refractivity contribution in [1.82, 2.24) is 30.0 Å². The van der Waals surface area contributed by atoms with E-state index in [9.17, 15) is 12.8 Å². The Bertz CT molecular complexity index is 1530. The van der Waals surface area contributed by atoms with E-state index in [-0.39, 0.29) is 22.0 Å². The molecule has 5 rings (SSSR count). The Kier molecular flexibility index (Phi) is 4.98. The third-order valence-corrected chi connectivity index (χ3v) is 6.30. The summed E-state index contributed by atoms with van der Waals surface area (Å²) in [4.78, 5) is 4.39. The highest BCUT2D eigenvalue weighted by Gasteiger charge is 2.21. The Morgan fingerprint density at radius 1 is 1.12 bits per heavy atom. The zero-order valence-corrected chi connectivity index (χ0v) is 17.9. The van der Waals surface area contributed by atoms with Gasteiger partial charge < -0.3 is 9.14 Å². The summed E-state index contributed by atoms with van der Waals surface area (Å²) in [5.41, 5.74) is 2.20. The number of anilines is 1. The number of hydrogen-bond acceptors (Lipinski definition) is 7. The molecule has 0 atom stereocenters. The number of nitrogens with one attached hydrogen (secondary N) is 2. The van der Waals surface area contributed by atoms with Crippen molar-refractivity contribution >= 4 is 21.4 Å². The Morgan fingerprint density at radius 2 is 2.00 bits per heavy atom. The predicted molar refractivity (Wildman–Crippen MR) is 118 cm³/mol. The minimum absolute atomic E-state index is 0.0593. The molecule has 2 aromatic carbocycles. The van der Waals surface area contributed by atoms with Crippen LogP contribution in [0.4, 0.5) is 10.1 Å². The molecule has 0 aliphatic rings. The Labute approximate surface area is 187 Å². The van der Waals surface area contributed by atoms with Crippen molar-refractivity contribution in [2.45, 2.75) is 4.90 Å². The van der Waals surface area contributed by atoms with E-state index in [0.717, 1.165) is 23.8 Å². The van der Waals surface area contributed by atoms with Gasteiger partial charge in [0.05, 0.1) is 29.0 Å². The number of tetrazole rings is 1. The van der Waals surface area contributed by atoms with Crippen LogP contribution in [0.5, 0.6) is 5.75 Å². The number of rotatable bonds is 6.